The molecule has 0 heterocycles. The van der Waals surface area contributed by atoms with Crippen molar-refractivity contribution in [2.45, 2.75) is 46.0 Å². The van der Waals surface area contributed by atoms with E-state index in [0.29, 0.717) is 17.9 Å². The van der Waals surface area contributed by atoms with Crippen molar-refractivity contribution in [2.24, 2.45) is 23.2 Å². The molecule has 2 nitrogen and oxygen atoms in total. The minimum Gasteiger partial charge on any atom is -0.396 e. The minimum absolute atomic E-state index is 0.191. The summed E-state index contributed by atoms with van der Waals surface area (Å²) in [4.78, 5) is 0. The van der Waals surface area contributed by atoms with E-state index in [1.807, 2.05) is 6.92 Å². The zero-order valence-electron chi connectivity index (χ0n) is 11.2. The number of hydrogen-bond donors (Lipinski definition) is 2. The maximum Gasteiger partial charge on any atom is 0.0639 e. The first-order valence-corrected chi connectivity index (χ1v) is 6.99. The smallest absolute Gasteiger partial charge is 0.0639 e. The van der Waals surface area contributed by atoms with E-state index in [0.717, 1.165) is 23.8 Å². The van der Waals surface area contributed by atoms with Gasteiger partial charge in [-0.1, -0.05) is 18.6 Å². The van der Waals surface area contributed by atoms with Crippen molar-refractivity contribution in [2.75, 3.05) is 13.2 Å². The first kappa shape index (κ1) is 13.1. The van der Waals surface area contributed by atoms with Crippen molar-refractivity contribution in [3.8, 4) is 0 Å². The summed E-state index contributed by atoms with van der Waals surface area (Å²) in [7, 11) is 0. The van der Waals surface area contributed by atoms with E-state index >= 15 is 0 Å². The predicted octanol–water partition coefficient (Wildman–Crippen LogP) is 2.75. The van der Waals surface area contributed by atoms with Gasteiger partial charge in [0.05, 0.1) is 6.61 Å². The Morgan fingerprint density at radius 1 is 1.29 bits per heavy atom. The molecular formula is C15H26O2. The van der Waals surface area contributed by atoms with E-state index in [1.54, 1.807) is 0 Å². The topological polar surface area (TPSA) is 40.5 Å². The Bertz CT molecular complexity index is 297. The van der Waals surface area contributed by atoms with E-state index in [1.165, 1.54) is 25.7 Å². The summed E-state index contributed by atoms with van der Waals surface area (Å²) in [6, 6.07) is 0. The molecule has 0 aromatic rings. The van der Waals surface area contributed by atoms with E-state index < -0.39 is 0 Å². The van der Waals surface area contributed by atoms with Crippen LogP contribution in [0.25, 0.3) is 0 Å². The van der Waals surface area contributed by atoms with Gasteiger partial charge in [-0.25, -0.2) is 0 Å². The van der Waals surface area contributed by atoms with Crippen LogP contribution in [0.3, 0.4) is 0 Å². The molecule has 0 bridgehead atoms. The van der Waals surface area contributed by atoms with Crippen LogP contribution >= 0.6 is 0 Å². The van der Waals surface area contributed by atoms with E-state index in [9.17, 15) is 5.11 Å². The van der Waals surface area contributed by atoms with Crippen LogP contribution in [0.5, 0.6) is 0 Å². The Balaban J connectivity index is 1.82. The number of hydrogen-bond acceptors (Lipinski definition) is 2. The van der Waals surface area contributed by atoms with Gasteiger partial charge in [-0.2, -0.15) is 0 Å². The van der Waals surface area contributed by atoms with Gasteiger partial charge in [0.15, 0.2) is 0 Å². The molecule has 4 unspecified atom stereocenters. The van der Waals surface area contributed by atoms with Crippen molar-refractivity contribution in [3.05, 3.63) is 11.6 Å². The van der Waals surface area contributed by atoms with Crippen LogP contribution < -0.4 is 0 Å². The summed E-state index contributed by atoms with van der Waals surface area (Å²) in [5, 5.41) is 18.2. The second-order valence-electron chi connectivity index (χ2n) is 6.33. The summed E-state index contributed by atoms with van der Waals surface area (Å²) in [6.07, 6.45) is 8.30. The second kappa shape index (κ2) is 5.11. The van der Waals surface area contributed by atoms with Crippen molar-refractivity contribution in [1.82, 2.24) is 0 Å². The number of allylic oxidation sites excluding steroid dienone is 1. The zero-order chi connectivity index (χ0) is 12.5. The third-order valence-corrected chi connectivity index (χ3v) is 5.23. The van der Waals surface area contributed by atoms with Crippen molar-refractivity contribution < 1.29 is 10.2 Å². The molecule has 2 fully saturated rings. The lowest BCUT2D eigenvalue weighted by Crippen LogP contribution is -2.12. The Morgan fingerprint density at radius 2 is 2.06 bits per heavy atom. The number of aliphatic hydroxyl groups excluding tert-OH is 2. The lowest BCUT2D eigenvalue weighted by molar-refractivity contribution is 0.185. The van der Waals surface area contributed by atoms with Gasteiger partial charge in [0, 0.05) is 6.61 Å². The molecular weight excluding hydrogens is 212 g/mol. The molecule has 0 radical (unpaired) electrons. The highest BCUT2D eigenvalue weighted by molar-refractivity contribution is 5.11. The molecule has 0 aliphatic heterocycles. The molecule has 0 amide bonds. The average Bonchev–Trinajstić information content (AvgIpc) is 2.94. The normalized spacial score (nSPS) is 41.2. The van der Waals surface area contributed by atoms with E-state index in [2.05, 4.69) is 13.0 Å². The molecule has 2 heteroatoms. The molecule has 2 N–H and O–H groups in total. The van der Waals surface area contributed by atoms with Gasteiger partial charge in [-0.3, -0.25) is 0 Å². The monoisotopic (exact) mass is 238 g/mol. The molecule has 2 saturated carbocycles. The van der Waals surface area contributed by atoms with Crippen LogP contribution in [0.4, 0.5) is 0 Å². The zero-order valence-corrected chi connectivity index (χ0v) is 11.2. The SMILES string of the molecule is CC(=CCCC1(C)C2CCC(CO)CC21)CO. The third kappa shape index (κ3) is 2.58. The lowest BCUT2D eigenvalue weighted by atomic mass is 9.90. The number of fused-ring (bicyclic) bond motifs is 1. The lowest BCUT2D eigenvalue weighted by Gasteiger charge is -2.17. The summed E-state index contributed by atoms with van der Waals surface area (Å²) in [5.41, 5.74) is 1.61. The standard InChI is InChI=1S/C15H26O2/c1-11(9-16)4-3-7-15(2)13-6-5-12(10-17)8-14(13)15/h4,12-14,16-17H,3,5-10H2,1-2H3. The fourth-order valence-electron chi connectivity index (χ4n) is 3.85. The minimum atomic E-state index is 0.191. The average molecular weight is 238 g/mol. The summed E-state index contributed by atoms with van der Waals surface area (Å²) >= 11 is 0. The number of rotatable bonds is 5. The quantitative estimate of drug-likeness (QED) is 0.723. The van der Waals surface area contributed by atoms with Crippen LogP contribution in [0, 0.1) is 23.2 Å². The Morgan fingerprint density at radius 3 is 2.71 bits per heavy atom. The highest BCUT2D eigenvalue weighted by Crippen LogP contribution is 2.68. The molecule has 2 aliphatic carbocycles. The Kier molecular flexibility index (Phi) is 3.94. The third-order valence-electron chi connectivity index (χ3n) is 5.23. The van der Waals surface area contributed by atoms with E-state index in [-0.39, 0.29) is 6.61 Å². The molecule has 4 atom stereocenters. The highest BCUT2D eigenvalue weighted by atomic mass is 16.3. The Labute approximate surface area is 105 Å². The molecule has 2 aliphatic rings. The maximum absolute atomic E-state index is 9.24. The summed E-state index contributed by atoms with van der Waals surface area (Å²) in [5.74, 6) is 2.33. The van der Waals surface area contributed by atoms with Gasteiger partial charge in [0.25, 0.3) is 0 Å². The van der Waals surface area contributed by atoms with Gasteiger partial charge >= 0.3 is 0 Å². The molecule has 98 valence electrons. The molecule has 0 saturated heterocycles. The van der Waals surface area contributed by atoms with Crippen molar-refractivity contribution >= 4 is 0 Å². The van der Waals surface area contributed by atoms with Crippen LogP contribution in [0.1, 0.15) is 46.0 Å². The second-order valence-corrected chi connectivity index (χ2v) is 6.33. The maximum atomic E-state index is 9.24. The fraction of sp³-hybridized carbons (Fsp3) is 0.867. The van der Waals surface area contributed by atoms with Crippen LogP contribution in [0.2, 0.25) is 0 Å². The molecule has 17 heavy (non-hydrogen) atoms. The molecule has 2 rings (SSSR count). The van der Waals surface area contributed by atoms with Gasteiger partial charge in [-0.05, 0) is 62.2 Å². The van der Waals surface area contributed by atoms with Crippen LogP contribution in [0.15, 0.2) is 11.6 Å². The van der Waals surface area contributed by atoms with Gasteiger partial charge < -0.3 is 10.2 Å². The summed E-state index contributed by atoms with van der Waals surface area (Å²) < 4.78 is 0. The highest BCUT2D eigenvalue weighted by Gasteiger charge is 2.61. The van der Waals surface area contributed by atoms with Gasteiger partial charge in [0.1, 0.15) is 0 Å². The first-order valence-electron chi connectivity index (χ1n) is 6.99. The first-order chi connectivity index (χ1) is 8.11. The Hall–Kier alpha value is -0.340. The van der Waals surface area contributed by atoms with Gasteiger partial charge in [-0.15, -0.1) is 0 Å². The largest absolute Gasteiger partial charge is 0.396 e. The summed E-state index contributed by atoms with van der Waals surface area (Å²) in [6.45, 7) is 4.98. The van der Waals surface area contributed by atoms with Crippen molar-refractivity contribution in [1.29, 1.82) is 0 Å². The van der Waals surface area contributed by atoms with E-state index in [4.69, 9.17) is 5.11 Å². The predicted molar refractivity (Wildman–Crippen MR) is 69.6 cm³/mol. The van der Waals surface area contributed by atoms with Crippen molar-refractivity contribution in [3.63, 3.8) is 0 Å². The molecule has 0 aromatic carbocycles. The van der Waals surface area contributed by atoms with Crippen LogP contribution in [-0.4, -0.2) is 23.4 Å². The number of aliphatic hydroxyl groups is 2. The van der Waals surface area contributed by atoms with Crippen LogP contribution in [-0.2, 0) is 0 Å². The molecule has 0 spiro atoms. The van der Waals surface area contributed by atoms with Gasteiger partial charge in [0.2, 0.25) is 0 Å². The fourth-order valence-corrected chi connectivity index (χ4v) is 3.85. The molecule has 0 aromatic heterocycles.